The molecule has 0 bridgehead atoms. The molecule has 1 N–H and O–H groups in total. The van der Waals surface area contributed by atoms with Crippen molar-refractivity contribution in [3.8, 4) is 0 Å². The van der Waals surface area contributed by atoms with Crippen LogP contribution in [-0.4, -0.2) is 36.9 Å². The molecule has 0 saturated carbocycles. The van der Waals surface area contributed by atoms with E-state index in [0.717, 1.165) is 36.2 Å². The third kappa shape index (κ3) is 6.25. The highest BCUT2D eigenvalue weighted by atomic mass is 16.2. The molecule has 1 atom stereocenters. The van der Waals surface area contributed by atoms with E-state index in [-0.39, 0.29) is 29.7 Å². The van der Waals surface area contributed by atoms with E-state index in [1.54, 1.807) is 0 Å². The first kappa shape index (κ1) is 24.0. The van der Waals surface area contributed by atoms with Crippen LogP contribution in [0.3, 0.4) is 0 Å². The maximum absolute atomic E-state index is 13.2. The van der Waals surface area contributed by atoms with Crippen molar-refractivity contribution in [3.63, 3.8) is 0 Å². The predicted octanol–water partition coefficient (Wildman–Crippen LogP) is 4.91. The molecule has 2 amide bonds. The SMILES string of the molecule is CCC(CC)C(=O)N(Cc1cc(NC(=O)C(C)C)ccc1N(C)C)[C@@H](C)CC. The van der Waals surface area contributed by atoms with E-state index in [4.69, 9.17) is 0 Å². The molecule has 0 radical (unpaired) electrons. The zero-order valence-electron chi connectivity index (χ0n) is 19.0. The summed E-state index contributed by atoms with van der Waals surface area (Å²) in [5.74, 6) is 0.196. The van der Waals surface area contributed by atoms with Crippen LogP contribution in [0.25, 0.3) is 0 Å². The molecule has 1 aromatic carbocycles. The van der Waals surface area contributed by atoms with Gasteiger partial charge in [0.1, 0.15) is 0 Å². The van der Waals surface area contributed by atoms with Gasteiger partial charge < -0.3 is 15.1 Å². The van der Waals surface area contributed by atoms with Crippen LogP contribution < -0.4 is 10.2 Å². The van der Waals surface area contributed by atoms with E-state index >= 15 is 0 Å². The first-order chi connectivity index (χ1) is 13.2. The number of benzene rings is 1. The van der Waals surface area contributed by atoms with Gasteiger partial charge >= 0.3 is 0 Å². The average Bonchev–Trinajstić information content (AvgIpc) is 2.66. The van der Waals surface area contributed by atoms with Gasteiger partial charge in [0.25, 0.3) is 0 Å². The van der Waals surface area contributed by atoms with Gasteiger partial charge in [0, 0.05) is 49.9 Å². The Bertz CT molecular complexity index is 651. The number of hydrogen-bond acceptors (Lipinski definition) is 3. The van der Waals surface area contributed by atoms with Gasteiger partial charge in [0.05, 0.1) is 0 Å². The monoisotopic (exact) mass is 389 g/mol. The Morgan fingerprint density at radius 3 is 2.07 bits per heavy atom. The van der Waals surface area contributed by atoms with E-state index < -0.39 is 0 Å². The molecule has 0 spiro atoms. The summed E-state index contributed by atoms with van der Waals surface area (Å²) in [4.78, 5) is 29.4. The second-order valence-corrected chi connectivity index (χ2v) is 8.12. The van der Waals surface area contributed by atoms with Gasteiger partial charge in [-0.1, -0.05) is 34.6 Å². The van der Waals surface area contributed by atoms with Gasteiger partial charge in [-0.3, -0.25) is 9.59 Å². The molecular weight excluding hydrogens is 350 g/mol. The molecule has 28 heavy (non-hydrogen) atoms. The molecule has 0 fully saturated rings. The normalized spacial score (nSPS) is 12.2. The van der Waals surface area contributed by atoms with Crippen LogP contribution in [0.5, 0.6) is 0 Å². The van der Waals surface area contributed by atoms with Crippen LogP contribution in [0.2, 0.25) is 0 Å². The minimum absolute atomic E-state index is 0.00422. The third-order valence-electron chi connectivity index (χ3n) is 5.43. The Morgan fingerprint density at radius 1 is 1.00 bits per heavy atom. The smallest absolute Gasteiger partial charge is 0.226 e. The highest BCUT2D eigenvalue weighted by Crippen LogP contribution is 2.27. The number of nitrogens with one attached hydrogen (secondary N) is 1. The highest BCUT2D eigenvalue weighted by molar-refractivity contribution is 5.92. The molecule has 0 unspecified atom stereocenters. The predicted molar refractivity (Wildman–Crippen MR) is 119 cm³/mol. The van der Waals surface area contributed by atoms with Gasteiger partial charge in [-0.25, -0.2) is 0 Å². The molecular formula is C23H39N3O2. The van der Waals surface area contributed by atoms with Crippen LogP contribution in [0.15, 0.2) is 18.2 Å². The van der Waals surface area contributed by atoms with E-state index in [1.165, 1.54) is 0 Å². The Kier molecular flexibility index (Phi) is 9.50. The molecule has 1 rings (SSSR count). The first-order valence-corrected chi connectivity index (χ1v) is 10.6. The minimum atomic E-state index is -0.0787. The second kappa shape index (κ2) is 11.1. The Morgan fingerprint density at radius 2 is 1.61 bits per heavy atom. The van der Waals surface area contributed by atoms with Gasteiger partial charge in [0.15, 0.2) is 0 Å². The summed E-state index contributed by atoms with van der Waals surface area (Å²) in [6, 6.07) is 6.11. The van der Waals surface area contributed by atoms with Crippen molar-refractivity contribution in [3.05, 3.63) is 23.8 Å². The van der Waals surface area contributed by atoms with Crippen LogP contribution in [0.4, 0.5) is 11.4 Å². The van der Waals surface area contributed by atoms with Crippen molar-refractivity contribution in [2.24, 2.45) is 11.8 Å². The van der Waals surface area contributed by atoms with Crippen molar-refractivity contribution in [2.45, 2.75) is 73.4 Å². The van der Waals surface area contributed by atoms with E-state index in [0.29, 0.717) is 6.54 Å². The summed E-state index contributed by atoms with van der Waals surface area (Å²) in [5.41, 5.74) is 2.89. The van der Waals surface area contributed by atoms with Crippen molar-refractivity contribution in [1.82, 2.24) is 4.90 Å². The lowest BCUT2D eigenvalue weighted by Gasteiger charge is -2.33. The lowest BCUT2D eigenvalue weighted by molar-refractivity contribution is -0.138. The van der Waals surface area contributed by atoms with Crippen LogP contribution in [-0.2, 0) is 16.1 Å². The lowest BCUT2D eigenvalue weighted by atomic mass is 9.99. The zero-order valence-corrected chi connectivity index (χ0v) is 19.0. The number of hydrogen-bond donors (Lipinski definition) is 1. The van der Waals surface area contributed by atoms with E-state index in [1.807, 2.05) is 51.0 Å². The van der Waals surface area contributed by atoms with Crippen LogP contribution in [0.1, 0.15) is 66.4 Å². The number of nitrogens with zero attached hydrogens (tertiary/aromatic N) is 2. The zero-order chi connectivity index (χ0) is 21.4. The van der Waals surface area contributed by atoms with Crippen molar-refractivity contribution in [2.75, 3.05) is 24.3 Å². The van der Waals surface area contributed by atoms with E-state index in [9.17, 15) is 9.59 Å². The number of anilines is 2. The largest absolute Gasteiger partial charge is 0.377 e. The van der Waals surface area contributed by atoms with E-state index in [2.05, 4.69) is 37.9 Å². The first-order valence-electron chi connectivity index (χ1n) is 10.6. The summed E-state index contributed by atoms with van der Waals surface area (Å²) in [6.45, 7) is 12.7. The maximum Gasteiger partial charge on any atom is 0.226 e. The molecule has 0 aromatic heterocycles. The highest BCUT2D eigenvalue weighted by Gasteiger charge is 2.26. The van der Waals surface area contributed by atoms with Crippen molar-refractivity contribution < 1.29 is 9.59 Å². The number of carbonyl (C=O) groups is 2. The fraction of sp³-hybridized carbons (Fsp3) is 0.652. The molecule has 0 aliphatic heterocycles. The summed E-state index contributed by atoms with van der Waals surface area (Å²) >= 11 is 0. The fourth-order valence-corrected chi connectivity index (χ4v) is 3.24. The van der Waals surface area contributed by atoms with Gasteiger partial charge in [-0.2, -0.15) is 0 Å². The standard InChI is InChI=1S/C23H39N3O2/c1-9-17(6)26(23(28)18(10-2)11-3)15-19-14-20(24-22(27)16(4)5)12-13-21(19)25(7)8/h12-14,16-18H,9-11,15H2,1-8H3,(H,24,27)/t17-/m0/s1. The number of carbonyl (C=O) groups excluding carboxylic acids is 2. The Hall–Kier alpha value is -2.04. The van der Waals surface area contributed by atoms with Crippen molar-refractivity contribution >= 4 is 23.2 Å². The topological polar surface area (TPSA) is 52.7 Å². The Labute approximate surface area is 171 Å². The average molecular weight is 390 g/mol. The quantitative estimate of drug-likeness (QED) is 0.618. The maximum atomic E-state index is 13.2. The van der Waals surface area contributed by atoms with Crippen molar-refractivity contribution in [1.29, 1.82) is 0 Å². The lowest BCUT2D eigenvalue weighted by Crippen LogP contribution is -2.41. The minimum Gasteiger partial charge on any atom is -0.377 e. The van der Waals surface area contributed by atoms with Gasteiger partial charge in [-0.05, 0) is 49.9 Å². The summed E-state index contributed by atoms with van der Waals surface area (Å²) in [7, 11) is 4.00. The molecule has 5 nitrogen and oxygen atoms in total. The molecule has 0 heterocycles. The number of amides is 2. The fourth-order valence-electron chi connectivity index (χ4n) is 3.24. The molecule has 1 aromatic rings. The number of rotatable bonds is 10. The second-order valence-electron chi connectivity index (χ2n) is 8.12. The molecule has 0 saturated heterocycles. The Balaban J connectivity index is 3.27. The molecule has 158 valence electrons. The summed E-state index contributed by atoms with van der Waals surface area (Å²) in [5, 5.41) is 2.98. The molecule has 0 aliphatic carbocycles. The van der Waals surface area contributed by atoms with Gasteiger partial charge in [-0.15, -0.1) is 0 Å². The van der Waals surface area contributed by atoms with Crippen LogP contribution >= 0.6 is 0 Å². The summed E-state index contributed by atoms with van der Waals surface area (Å²) < 4.78 is 0. The summed E-state index contributed by atoms with van der Waals surface area (Å²) in [6.07, 6.45) is 2.62. The van der Waals surface area contributed by atoms with Crippen LogP contribution in [0, 0.1) is 11.8 Å². The third-order valence-corrected chi connectivity index (χ3v) is 5.43. The molecule has 5 heteroatoms. The molecule has 0 aliphatic rings. The van der Waals surface area contributed by atoms with Gasteiger partial charge in [0.2, 0.25) is 11.8 Å².